The number of hydrogen-bond acceptors (Lipinski definition) is 1. The summed E-state index contributed by atoms with van der Waals surface area (Å²) in [7, 11) is 0. The van der Waals surface area contributed by atoms with Crippen LogP contribution in [-0.2, 0) is 12.0 Å². The first-order valence-electron chi connectivity index (χ1n) is 5.81. The van der Waals surface area contributed by atoms with Gasteiger partial charge in [0, 0.05) is 22.0 Å². The summed E-state index contributed by atoms with van der Waals surface area (Å²) < 4.78 is 13.7. The first-order chi connectivity index (χ1) is 8.90. The zero-order valence-electron chi connectivity index (χ0n) is 10.3. The normalized spacial score (nSPS) is 14.2. The number of aliphatic hydroxyl groups is 1. The molecule has 0 fully saturated rings. The maximum Gasteiger partial charge on any atom is 0.128 e. The number of rotatable bonds is 3. The Morgan fingerprint density at radius 2 is 1.74 bits per heavy atom. The van der Waals surface area contributed by atoms with Gasteiger partial charge in [0.15, 0.2) is 0 Å². The molecule has 2 aromatic carbocycles. The van der Waals surface area contributed by atoms with Crippen molar-refractivity contribution in [2.24, 2.45) is 0 Å². The van der Waals surface area contributed by atoms with Gasteiger partial charge in [-0.1, -0.05) is 41.4 Å². The minimum absolute atomic E-state index is 0.0974. The van der Waals surface area contributed by atoms with Crippen molar-refractivity contribution in [3.63, 3.8) is 0 Å². The molecule has 4 heteroatoms. The lowest BCUT2D eigenvalue weighted by atomic mass is 9.89. The maximum atomic E-state index is 13.7. The smallest absolute Gasteiger partial charge is 0.128 e. The monoisotopic (exact) mass is 298 g/mol. The topological polar surface area (TPSA) is 20.2 Å². The van der Waals surface area contributed by atoms with E-state index in [1.54, 1.807) is 37.3 Å². The van der Waals surface area contributed by atoms with Gasteiger partial charge in [-0.3, -0.25) is 0 Å². The van der Waals surface area contributed by atoms with Gasteiger partial charge in [0.25, 0.3) is 0 Å². The van der Waals surface area contributed by atoms with Crippen molar-refractivity contribution in [3.05, 3.63) is 69.5 Å². The van der Waals surface area contributed by atoms with E-state index >= 15 is 0 Å². The van der Waals surface area contributed by atoms with Crippen molar-refractivity contribution < 1.29 is 9.50 Å². The third-order valence-corrected chi connectivity index (χ3v) is 3.65. The molecule has 0 bridgehead atoms. The molecule has 1 unspecified atom stereocenters. The highest BCUT2D eigenvalue weighted by Gasteiger charge is 2.26. The van der Waals surface area contributed by atoms with Crippen LogP contribution in [0.25, 0.3) is 0 Å². The van der Waals surface area contributed by atoms with Crippen molar-refractivity contribution in [1.29, 1.82) is 0 Å². The van der Waals surface area contributed by atoms with E-state index in [1.807, 2.05) is 0 Å². The Kier molecular flexibility index (Phi) is 4.14. The fourth-order valence-corrected chi connectivity index (χ4v) is 2.31. The molecule has 0 heterocycles. The second-order valence-electron chi connectivity index (χ2n) is 4.66. The highest BCUT2D eigenvalue weighted by molar-refractivity contribution is 6.31. The summed E-state index contributed by atoms with van der Waals surface area (Å²) in [6.07, 6.45) is 0.0974. The molecular weight excluding hydrogens is 286 g/mol. The molecule has 0 spiro atoms. The van der Waals surface area contributed by atoms with Crippen LogP contribution in [0, 0.1) is 5.82 Å². The van der Waals surface area contributed by atoms with E-state index in [9.17, 15) is 9.50 Å². The quantitative estimate of drug-likeness (QED) is 0.879. The summed E-state index contributed by atoms with van der Waals surface area (Å²) in [6, 6.07) is 11.3. The minimum atomic E-state index is -1.21. The van der Waals surface area contributed by atoms with Crippen LogP contribution in [0.15, 0.2) is 42.5 Å². The van der Waals surface area contributed by atoms with Gasteiger partial charge < -0.3 is 5.11 Å². The van der Waals surface area contributed by atoms with Gasteiger partial charge in [0.1, 0.15) is 5.82 Å². The molecule has 0 aromatic heterocycles. The summed E-state index contributed by atoms with van der Waals surface area (Å²) in [5.74, 6) is -0.415. The molecular formula is C15H13Cl2FO. The molecule has 0 amide bonds. The van der Waals surface area contributed by atoms with Crippen LogP contribution in [0.5, 0.6) is 0 Å². The first-order valence-corrected chi connectivity index (χ1v) is 6.57. The third kappa shape index (κ3) is 3.27. The molecule has 0 saturated carbocycles. The molecule has 2 aromatic rings. The summed E-state index contributed by atoms with van der Waals surface area (Å²) in [5, 5.41) is 11.4. The number of benzene rings is 2. The molecule has 0 radical (unpaired) electrons. The van der Waals surface area contributed by atoms with Gasteiger partial charge in [0.2, 0.25) is 0 Å². The Morgan fingerprint density at radius 3 is 2.32 bits per heavy atom. The van der Waals surface area contributed by atoms with E-state index in [2.05, 4.69) is 0 Å². The highest BCUT2D eigenvalue weighted by atomic mass is 35.5. The van der Waals surface area contributed by atoms with Gasteiger partial charge in [0.05, 0.1) is 5.60 Å². The van der Waals surface area contributed by atoms with Gasteiger partial charge in [-0.15, -0.1) is 0 Å². The van der Waals surface area contributed by atoms with Crippen molar-refractivity contribution in [2.75, 3.05) is 0 Å². The molecule has 0 saturated heterocycles. The van der Waals surface area contributed by atoms with Crippen LogP contribution in [0.2, 0.25) is 10.0 Å². The van der Waals surface area contributed by atoms with E-state index in [4.69, 9.17) is 23.2 Å². The average Bonchev–Trinajstić information content (AvgIpc) is 2.35. The Bertz CT molecular complexity index is 559. The molecule has 100 valence electrons. The van der Waals surface area contributed by atoms with Crippen molar-refractivity contribution >= 4 is 23.2 Å². The van der Waals surface area contributed by atoms with Gasteiger partial charge in [-0.25, -0.2) is 4.39 Å². The number of halogens is 3. The Morgan fingerprint density at radius 1 is 1.11 bits per heavy atom. The SMILES string of the molecule is CC(O)(Cc1c(F)cccc1Cl)c1ccc(Cl)cc1. The zero-order chi connectivity index (χ0) is 14.0. The molecule has 1 N–H and O–H groups in total. The van der Waals surface area contributed by atoms with Crippen LogP contribution >= 0.6 is 23.2 Å². The molecule has 1 atom stereocenters. The predicted octanol–water partition coefficient (Wildman–Crippen LogP) is 4.58. The van der Waals surface area contributed by atoms with E-state index in [-0.39, 0.29) is 6.42 Å². The van der Waals surface area contributed by atoms with Crippen LogP contribution in [0.1, 0.15) is 18.1 Å². The van der Waals surface area contributed by atoms with E-state index in [1.165, 1.54) is 12.1 Å². The van der Waals surface area contributed by atoms with Crippen molar-refractivity contribution in [1.82, 2.24) is 0 Å². The molecule has 2 rings (SSSR count). The summed E-state index contributed by atoms with van der Waals surface area (Å²) in [4.78, 5) is 0. The second-order valence-corrected chi connectivity index (χ2v) is 5.50. The summed E-state index contributed by atoms with van der Waals surface area (Å²) in [6.45, 7) is 1.62. The van der Waals surface area contributed by atoms with E-state index in [0.717, 1.165) is 0 Å². The zero-order valence-corrected chi connectivity index (χ0v) is 11.8. The fraction of sp³-hybridized carbons (Fsp3) is 0.200. The minimum Gasteiger partial charge on any atom is -0.385 e. The Labute approximate surface area is 121 Å². The van der Waals surface area contributed by atoms with Crippen LogP contribution in [-0.4, -0.2) is 5.11 Å². The fourth-order valence-electron chi connectivity index (χ4n) is 1.96. The van der Waals surface area contributed by atoms with Gasteiger partial charge in [-0.2, -0.15) is 0 Å². The molecule has 19 heavy (non-hydrogen) atoms. The summed E-state index contributed by atoms with van der Waals surface area (Å²) >= 11 is 11.8. The van der Waals surface area contributed by atoms with Gasteiger partial charge >= 0.3 is 0 Å². The highest BCUT2D eigenvalue weighted by Crippen LogP contribution is 2.30. The Balaban J connectivity index is 2.33. The van der Waals surface area contributed by atoms with Crippen molar-refractivity contribution in [3.8, 4) is 0 Å². The van der Waals surface area contributed by atoms with Crippen LogP contribution in [0.3, 0.4) is 0 Å². The molecule has 1 nitrogen and oxygen atoms in total. The number of hydrogen-bond donors (Lipinski definition) is 1. The van der Waals surface area contributed by atoms with E-state index < -0.39 is 11.4 Å². The molecule has 0 aliphatic heterocycles. The summed E-state index contributed by atoms with van der Waals surface area (Å²) in [5.41, 5.74) is -0.239. The maximum absolute atomic E-state index is 13.7. The lowest BCUT2D eigenvalue weighted by molar-refractivity contribution is 0.0567. The van der Waals surface area contributed by atoms with Gasteiger partial charge in [-0.05, 0) is 36.8 Å². The first kappa shape index (κ1) is 14.3. The standard InChI is InChI=1S/C15H13Cl2FO/c1-15(19,10-5-7-11(16)8-6-10)9-12-13(17)3-2-4-14(12)18/h2-8,19H,9H2,1H3. The molecule has 0 aliphatic rings. The lowest BCUT2D eigenvalue weighted by Crippen LogP contribution is -2.25. The third-order valence-electron chi connectivity index (χ3n) is 3.05. The average molecular weight is 299 g/mol. The Hall–Kier alpha value is -1.09. The van der Waals surface area contributed by atoms with E-state index in [0.29, 0.717) is 21.2 Å². The molecule has 0 aliphatic carbocycles. The second kappa shape index (κ2) is 5.49. The van der Waals surface area contributed by atoms with Crippen LogP contribution < -0.4 is 0 Å². The predicted molar refractivity (Wildman–Crippen MR) is 76.1 cm³/mol. The van der Waals surface area contributed by atoms with Crippen molar-refractivity contribution in [2.45, 2.75) is 18.9 Å². The lowest BCUT2D eigenvalue weighted by Gasteiger charge is -2.24. The largest absolute Gasteiger partial charge is 0.385 e. The van der Waals surface area contributed by atoms with Crippen LogP contribution in [0.4, 0.5) is 4.39 Å².